The molecule has 0 saturated carbocycles. The van der Waals surface area contributed by atoms with E-state index in [4.69, 9.17) is 0 Å². The quantitative estimate of drug-likeness (QED) is 0.767. The number of anilines is 1. The minimum absolute atomic E-state index is 0.490. The highest BCUT2D eigenvalue weighted by atomic mass is 32.1. The highest BCUT2D eigenvalue weighted by Crippen LogP contribution is 2.25. The second-order valence-electron chi connectivity index (χ2n) is 4.78. The van der Waals surface area contributed by atoms with Crippen molar-refractivity contribution in [1.82, 2.24) is 4.98 Å². The first-order valence-electron chi connectivity index (χ1n) is 6.54. The van der Waals surface area contributed by atoms with Crippen molar-refractivity contribution in [3.63, 3.8) is 0 Å². The van der Waals surface area contributed by atoms with Crippen LogP contribution in [0.5, 0.6) is 0 Å². The molecule has 0 aliphatic rings. The van der Waals surface area contributed by atoms with Gasteiger partial charge in [-0.1, -0.05) is 18.2 Å². The van der Waals surface area contributed by atoms with Gasteiger partial charge < -0.3 is 10.4 Å². The lowest BCUT2D eigenvalue weighted by Crippen LogP contribution is -2.11. The Bertz CT molecular complexity index is 710. The maximum Gasteiger partial charge on any atom is 0.0970 e. The standard InChI is InChI=1S/C16H16N2OS/c1-11-3-2-4-13-14(5-7-17-16(11)13)18-9-15(19)12-6-8-20-10-12/h2-8,10,15,19H,9H2,1H3,(H,17,18). The first kappa shape index (κ1) is 13.1. The molecule has 0 fully saturated rings. The van der Waals surface area contributed by atoms with Gasteiger partial charge in [-0.3, -0.25) is 4.98 Å². The Labute approximate surface area is 121 Å². The van der Waals surface area contributed by atoms with Crippen molar-refractivity contribution in [2.24, 2.45) is 0 Å². The molecule has 102 valence electrons. The van der Waals surface area contributed by atoms with Gasteiger partial charge in [0.1, 0.15) is 0 Å². The molecular weight excluding hydrogens is 268 g/mol. The molecule has 0 aliphatic carbocycles. The molecule has 0 aliphatic heterocycles. The van der Waals surface area contributed by atoms with E-state index in [9.17, 15) is 5.11 Å². The Kier molecular flexibility index (Phi) is 3.67. The normalized spacial score (nSPS) is 12.5. The minimum Gasteiger partial charge on any atom is -0.387 e. The lowest BCUT2D eigenvalue weighted by molar-refractivity contribution is 0.192. The number of aliphatic hydroxyl groups is 1. The Hall–Kier alpha value is -1.91. The van der Waals surface area contributed by atoms with Crippen LogP contribution in [0.3, 0.4) is 0 Å². The third-order valence-electron chi connectivity index (χ3n) is 3.39. The predicted molar refractivity (Wildman–Crippen MR) is 84.2 cm³/mol. The molecule has 1 unspecified atom stereocenters. The van der Waals surface area contributed by atoms with Gasteiger partial charge in [0.2, 0.25) is 0 Å². The van der Waals surface area contributed by atoms with Crippen LogP contribution in [-0.2, 0) is 0 Å². The second-order valence-corrected chi connectivity index (χ2v) is 5.56. The van der Waals surface area contributed by atoms with E-state index in [1.807, 2.05) is 29.0 Å². The van der Waals surface area contributed by atoms with E-state index >= 15 is 0 Å². The Morgan fingerprint density at radius 1 is 1.30 bits per heavy atom. The summed E-state index contributed by atoms with van der Waals surface area (Å²) < 4.78 is 0. The number of fused-ring (bicyclic) bond motifs is 1. The van der Waals surface area contributed by atoms with Gasteiger partial charge in [0, 0.05) is 23.8 Å². The van der Waals surface area contributed by atoms with Gasteiger partial charge in [0.25, 0.3) is 0 Å². The molecule has 1 aromatic carbocycles. The van der Waals surface area contributed by atoms with Crippen molar-refractivity contribution in [3.05, 3.63) is 58.4 Å². The van der Waals surface area contributed by atoms with E-state index in [2.05, 4.69) is 29.4 Å². The summed E-state index contributed by atoms with van der Waals surface area (Å²) in [5.74, 6) is 0. The van der Waals surface area contributed by atoms with Gasteiger partial charge in [0.05, 0.1) is 11.6 Å². The highest BCUT2D eigenvalue weighted by molar-refractivity contribution is 7.07. The molecule has 2 N–H and O–H groups in total. The molecule has 2 heterocycles. The van der Waals surface area contributed by atoms with E-state index in [1.54, 1.807) is 17.5 Å². The second kappa shape index (κ2) is 5.61. The number of benzene rings is 1. The molecule has 0 amide bonds. The zero-order chi connectivity index (χ0) is 13.9. The van der Waals surface area contributed by atoms with Gasteiger partial charge in [0.15, 0.2) is 0 Å². The number of rotatable bonds is 4. The fourth-order valence-corrected chi connectivity index (χ4v) is 2.97. The summed E-state index contributed by atoms with van der Waals surface area (Å²) in [6.45, 7) is 2.54. The van der Waals surface area contributed by atoms with Crippen molar-refractivity contribution >= 4 is 27.9 Å². The average Bonchev–Trinajstić information content (AvgIpc) is 2.99. The number of pyridine rings is 1. The van der Waals surface area contributed by atoms with E-state index in [-0.39, 0.29) is 0 Å². The Balaban J connectivity index is 1.83. The number of aliphatic hydroxyl groups excluding tert-OH is 1. The van der Waals surface area contributed by atoms with Crippen molar-refractivity contribution < 1.29 is 5.11 Å². The van der Waals surface area contributed by atoms with Crippen LogP contribution < -0.4 is 5.32 Å². The zero-order valence-corrected chi connectivity index (χ0v) is 12.0. The van der Waals surface area contributed by atoms with Crippen molar-refractivity contribution in [1.29, 1.82) is 0 Å². The lowest BCUT2D eigenvalue weighted by atomic mass is 10.1. The molecule has 2 aromatic heterocycles. The first-order valence-corrected chi connectivity index (χ1v) is 7.48. The Morgan fingerprint density at radius 3 is 3.00 bits per heavy atom. The molecular formula is C16H16N2OS. The van der Waals surface area contributed by atoms with Crippen molar-refractivity contribution in [2.75, 3.05) is 11.9 Å². The monoisotopic (exact) mass is 284 g/mol. The number of thiophene rings is 1. The van der Waals surface area contributed by atoms with E-state index < -0.39 is 6.10 Å². The van der Waals surface area contributed by atoms with Crippen LogP contribution in [0, 0.1) is 6.92 Å². The lowest BCUT2D eigenvalue weighted by Gasteiger charge is -2.13. The smallest absolute Gasteiger partial charge is 0.0970 e. The number of hydrogen-bond donors (Lipinski definition) is 2. The van der Waals surface area contributed by atoms with Gasteiger partial charge in [-0.2, -0.15) is 11.3 Å². The van der Waals surface area contributed by atoms with Crippen molar-refractivity contribution in [3.8, 4) is 0 Å². The largest absolute Gasteiger partial charge is 0.387 e. The van der Waals surface area contributed by atoms with Crippen LogP contribution in [0.4, 0.5) is 5.69 Å². The first-order chi connectivity index (χ1) is 9.75. The van der Waals surface area contributed by atoms with Crippen LogP contribution >= 0.6 is 11.3 Å². The predicted octanol–water partition coefficient (Wildman–Crippen LogP) is 3.75. The fourth-order valence-electron chi connectivity index (χ4n) is 2.27. The molecule has 20 heavy (non-hydrogen) atoms. The van der Waals surface area contributed by atoms with Crippen LogP contribution in [0.25, 0.3) is 10.9 Å². The SMILES string of the molecule is Cc1cccc2c(NCC(O)c3ccsc3)ccnc12. The molecule has 0 saturated heterocycles. The van der Waals surface area contributed by atoms with E-state index in [0.29, 0.717) is 6.54 Å². The molecule has 1 atom stereocenters. The highest BCUT2D eigenvalue weighted by Gasteiger charge is 2.09. The molecule has 0 radical (unpaired) electrons. The minimum atomic E-state index is -0.491. The summed E-state index contributed by atoms with van der Waals surface area (Å²) in [7, 11) is 0. The molecule has 3 rings (SSSR count). The molecule has 3 nitrogen and oxygen atoms in total. The summed E-state index contributed by atoms with van der Waals surface area (Å²) in [4.78, 5) is 4.42. The number of aromatic nitrogens is 1. The zero-order valence-electron chi connectivity index (χ0n) is 11.2. The van der Waals surface area contributed by atoms with Gasteiger partial charge in [-0.15, -0.1) is 0 Å². The Morgan fingerprint density at radius 2 is 2.20 bits per heavy atom. The van der Waals surface area contributed by atoms with Crippen LogP contribution in [0.1, 0.15) is 17.2 Å². The third kappa shape index (κ3) is 2.53. The molecule has 4 heteroatoms. The van der Waals surface area contributed by atoms with Crippen LogP contribution in [-0.4, -0.2) is 16.6 Å². The van der Waals surface area contributed by atoms with Gasteiger partial charge in [-0.05, 0) is 40.9 Å². The third-order valence-corrected chi connectivity index (χ3v) is 4.09. The van der Waals surface area contributed by atoms with Gasteiger partial charge >= 0.3 is 0 Å². The number of hydrogen-bond acceptors (Lipinski definition) is 4. The number of nitrogens with zero attached hydrogens (tertiary/aromatic N) is 1. The summed E-state index contributed by atoms with van der Waals surface area (Å²) in [6, 6.07) is 10.0. The van der Waals surface area contributed by atoms with Crippen LogP contribution in [0.15, 0.2) is 47.3 Å². The van der Waals surface area contributed by atoms with Gasteiger partial charge in [-0.25, -0.2) is 0 Å². The van der Waals surface area contributed by atoms with E-state index in [1.165, 1.54) is 0 Å². The van der Waals surface area contributed by atoms with Crippen LogP contribution in [0.2, 0.25) is 0 Å². The topological polar surface area (TPSA) is 45.1 Å². The molecule has 0 bridgehead atoms. The maximum absolute atomic E-state index is 10.1. The fraction of sp³-hybridized carbons (Fsp3) is 0.188. The number of aryl methyl sites for hydroxylation is 1. The van der Waals surface area contributed by atoms with Crippen molar-refractivity contribution in [2.45, 2.75) is 13.0 Å². The summed E-state index contributed by atoms with van der Waals surface area (Å²) in [5.41, 5.74) is 4.12. The molecule has 0 spiro atoms. The number of para-hydroxylation sites is 1. The van der Waals surface area contributed by atoms with E-state index in [0.717, 1.165) is 27.7 Å². The summed E-state index contributed by atoms with van der Waals surface area (Å²) in [6.07, 6.45) is 1.31. The summed E-state index contributed by atoms with van der Waals surface area (Å²) in [5, 5.41) is 18.5. The maximum atomic E-state index is 10.1. The summed E-state index contributed by atoms with van der Waals surface area (Å²) >= 11 is 1.60. The molecule has 3 aromatic rings. The number of nitrogens with one attached hydrogen (secondary N) is 1. The average molecular weight is 284 g/mol.